The van der Waals surface area contributed by atoms with Gasteiger partial charge in [-0.1, -0.05) is 24.6 Å². The molecule has 6 nitrogen and oxygen atoms in total. The Morgan fingerprint density at radius 1 is 1.14 bits per heavy atom. The summed E-state index contributed by atoms with van der Waals surface area (Å²) in [5.74, 6) is -0.448. The molecule has 29 heavy (non-hydrogen) atoms. The van der Waals surface area contributed by atoms with Crippen LogP contribution in [-0.4, -0.2) is 30.8 Å². The average Bonchev–Trinajstić information content (AvgIpc) is 3.32. The highest BCUT2D eigenvalue weighted by Gasteiger charge is 2.36. The van der Waals surface area contributed by atoms with Gasteiger partial charge >= 0.3 is 0 Å². The fourth-order valence-corrected chi connectivity index (χ4v) is 4.02. The number of aryl methyl sites for hydroxylation is 1. The summed E-state index contributed by atoms with van der Waals surface area (Å²) in [7, 11) is 0. The number of rotatable bonds is 4. The standard InChI is InChI=1S/C23H25N3O3/c1-3-21(27)25-11-10-16-12-19(8-9-20(16)25)26-14-17(13-22(26)28)23(29)24-18-6-4-15(2)5-7-18/h4-9,12,17H,3,10-11,13-14H2,1-2H3,(H,24,29)/t17-/m0/s1. The Balaban J connectivity index is 1.46. The third-order valence-electron chi connectivity index (χ3n) is 5.69. The van der Waals surface area contributed by atoms with E-state index in [9.17, 15) is 14.4 Å². The summed E-state index contributed by atoms with van der Waals surface area (Å²) in [4.78, 5) is 40.8. The lowest BCUT2D eigenvalue weighted by Gasteiger charge is -2.20. The number of carbonyl (C=O) groups is 3. The molecule has 0 bridgehead atoms. The molecule has 2 aliphatic rings. The van der Waals surface area contributed by atoms with E-state index in [4.69, 9.17) is 0 Å². The van der Waals surface area contributed by atoms with Crippen molar-refractivity contribution in [2.24, 2.45) is 5.92 Å². The quantitative estimate of drug-likeness (QED) is 0.870. The number of nitrogens with zero attached hydrogens (tertiary/aromatic N) is 2. The van der Waals surface area contributed by atoms with E-state index >= 15 is 0 Å². The third kappa shape index (κ3) is 3.75. The topological polar surface area (TPSA) is 69.7 Å². The van der Waals surface area contributed by atoms with Crippen molar-refractivity contribution in [3.63, 3.8) is 0 Å². The van der Waals surface area contributed by atoms with Gasteiger partial charge in [0, 0.05) is 43.0 Å². The highest BCUT2D eigenvalue weighted by molar-refractivity contribution is 6.04. The Hall–Kier alpha value is -3.15. The van der Waals surface area contributed by atoms with E-state index < -0.39 is 0 Å². The molecule has 3 amide bonds. The van der Waals surface area contributed by atoms with Gasteiger partial charge < -0.3 is 15.1 Å². The Kier molecular flexibility index (Phi) is 5.09. The maximum Gasteiger partial charge on any atom is 0.229 e. The molecule has 150 valence electrons. The molecule has 1 N–H and O–H groups in total. The Labute approximate surface area is 170 Å². The molecule has 1 fully saturated rings. The molecule has 2 aromatic carbocycles. The summed E-state index contributed by atoms with van der Waals surface area (Å²) in [5, 5.41) is 2.91. The van der Waals surface area contributed by atoms with Crippen LogP contribution >= 0.6 is 0 Å². The van der Waals surface area contributed by atoms with E-state index in [0.29, 0.717) is 19.5 Å². The molecule has 0 saturated carbocycles. The molecular weight excluding hydrogens is 366 g/mol. The van der Waals surface area contributed by atoms with Gasteiger partial charge in [-0.25, -0.2) is 0 Å². The molecule has 0 unspecified atom stereocenters. The zero-order chi connectivity index (χ0) is 20.5. The van der Waals surface area contributed by atoms with Crippen molar-refractivity contribution in [2.45, 2.75) is 33.1 Å². The molecule has 1 atom stereocenters. The summed E-state index contributed by atoms with van der Waals surface area (Å²) >= 11 is 0. The number of carbonyl (C=O) groups excluding carboxylic acids is 3. The fourth-order valence-electron chi connectivity index (χ4n) is 4.02. The highest BCUT2D eigenvalue weighted by Crippen LogP contribution is 2.34. The van der Waals surface area contributed by atoms with Gasteiger partial charge in [-0.15, -0.1) is 0 Å². The van der Waals surface area contributed by atoms with Gasteiger partial charge in [0.05, 0.1) is 5.92 Å². The fraction of sp³-hybridized carbons (Fsp3) is 0.348. The molecule has 6 heteroatoms. The van der Waals surface area contributed by atoms with Crippen LogP contribution in [0.5, 0.6) is 0 Å². The number of amides is 3. The van der Waals surface area contributed by atoms with Crippen molar-refractivity contribution in [1.29, 1.82) is 0 Å². The lowest BCUT2D eigenvalue weighted by atomic mass is 10.1. The van der Waals surface area contributed by atoms with E-state index in [0.717, 1.165) is 34.6 Å². The molecule has 2 aromatic rings. The molecule has 1 saturated heterocycles. The van der Waals surface area contributed by atoms with E-state index in [1.54, 1.807) is 4.90 Å². The van der Waals surface area contributed by atoms with Gasteiger partial charge in [0.15, 0.2) is 0 Å². The van der Waals surface area contributed by atoms with Crippen LogP contribution in [0.15, 0.2) is 42.5 Å². The predicted octanol–water partition coefficient (Wildman–Crippen LogP) is 3.29. The van der Waals surface area contributed by atoms with Crippen LogP contribution in [-0.2, 0) is 20.8 Å². The van der Waals surface area contributed by atoms with Crippen molar-refractivity contribution < 1.29 is 14.4 Å². The number of nitrogens with one attached hydrogen (secondary N) is 1. The largest absolute Gasteiger partial charge is 0.326 e. The lowest BCUT2D eigenvalue weighted by molar-refractivity contribution is -0.122. The van der Waals surface area contributed by atoms with Crippen molar-refractivity contribution in [3.8, 4) is 0 Å². The molecule has 2 aliphatic heterocycles. The third-order valence-corrected chi connectivity index (χ3v) is 5.69. The summed E-state index contributed by atoms with van der Waals surface area (Å²) in [6.07, 6.45) is 1.47. The van der Waals surface area contributed by atoms with Crippen LogP contribution in [0, 0.1) is 12.8 Å². The minimum atomic E-state index is -0.379. The first-order valence-corrected chi connectivity index (χ1v) is 10.1. The van der Waals surface area contributed by atoms with Gasteiger partial charge in [-0.05, 0) is 49.2 Å². The summed E-state index contributed by atoms with van der Waals surface area (Å²) < 4.78 is 0. The molecule has 0 aliphatic carbocycles. The van der Waals surface area contributed by atoms with Crippen molar-refractivity contribution in [2.75, 3.05) is 28.2 Å². The summed E-state index contributed by atoms with van der Waals surface area (Å²) in [5.41, 5.74) is 4.67. The van der Waals surface area contributed by atoms with E-state index in [-0.39, 0.29) is 30.1 Å². The van der Waals surface area contributed by atoms with Crippen LogP contribution in [0.25, 0.3) is 0 Å². The predicted molar refractivity (Wildman–Crippen MR) is 113 cm³/mol. The van der Waals surface area contributed by atoms with Crippen LogP contribution in [0.2, 0.25) is 0 Å². The van der Waals surface area contributed by atoms with Crippen molar-refractivity contribution >= 4 is 34.8 Å². The van der Waals surface area contributed by atoms with Gasteiger partial charge in [0.2, 0.25) is 17.7 Å². The van der Waals surface area contributed by atoms with E-state index in [1.165, 1.54) is 0 Å². The minimum Gasteiger partial charge on any atom is -0.326 e. The number of hydrogen-bond donors (Lipinski definition) is 1. The Bertz CT molecular complexity index is 968. The normalized spacial score (nSPS) is 18.1. The van der Waals surface area contributed by atoms with Gasteiger partial charge in [-0.2, -0.15) is 0 Å². The smallest absolute Gasteiger partial charge is 0.229 e. The van der Waals surface area contributed by atoms with E-state index in [1.807, 2.05) is 61.2 Å². The second kappa shape index (κ2) is 7.70. The zero-order valence-electron chi connectivity index (χ0n) is 16.8. The second-order valence-electron chi connectivity index (χ2n) is 7.72. The molecule has 2 heterocycles. The summed E-state index contributed by atoms with van der Waals surface area (Å²) in [6, 6.07) is 13.4. The minimum absolute atomic E-state index is 0.0477. The lowest BCUT2D eigenvalue weighted by Crippen LogP contribution is -2.28. The Morgan fingerprint density at radius 3 is 2.62 bits per heavy atom. The first kappa shape index (κ1) is 19.2. The maximum absolute atomic E-state index is 12.6. The van der Waals surface area contributed by atoms with Crippen molar-refractivity contribution in [3.05, 3.63) is 53.6 Å². The zero-order valence-corrected chi connectivity index (χ0v) is 16.8. The van der Waals surface area contributed by atoms with Gasteiger partial charge in [0.25, 0.3) is 0 Å². The second-order valence-corrected chi connectivity index (χ2v) is 7.72. The highest BCUT2D eigenvalue weighted by atomic mass is 16.2. The monoisotopic (exact) mass is 391 g/mol. The van der Waals surface area contributed by atoms with Crippen LogP contribution in [0.3, 0.4) is 0 Å². The van der Waals surface area contributed by atoms with E-state index in [2.05, 4.69) is 5.32 Å². The molecule has 0 aromatic heterocycles. The molecular formula is C23H25N3O3. The van der Waals surface area contributed by atoms with Gasteiger partial charge in [0.1, 0.15) is 0 Å². The van der Waals surface area contributed by atoms with Crippen molar-refractivity contribution in [1.82, 2.24) is 0 Å². The molecule has 4 rings (SSSR count). The summed E-state index contributed by atoms with van der Waals surface area (Å²) in [6.45, 7) is 4.90. The SMILES string of the molecule is CCC(=O)N1CCc2cc(N3C[C@@H](C(=O)Nc4ccc(C)cc4)CC3=O)ccc21. The molecule has 0 radical (unpaired) electrons. The maximum atomic E-state index is 12.6. The first-order chi connectivity index (χ1) is 14.0. The number of hydrogen-bond acceptors (Lipinski definition) is 3. The average molecular weight is 391 g/mol. The van der Waals surface area contributed by atoms with Crippen LogP contribution in [0.4, 0.5) is 17.1 Å². The van der Waals surface area contributed by atoms with Gasteiger partial charge in [-0.3, -0.25) is 14.4 Å². The molecule has 0 spiro atoms. The van der Waals surface area contributed by atoms with Crippen LogP contribution < -0.4 is 15.1 Å². The Morgan fingerprint density at radius 2 is 1.90 bits per heavy atom. The first-order valence-electron chi connectivity index (χ1n) is 10.1. The number of fused-ring (bicyclic) bond motifs is 1. The van der Waals surface area contributed by atoms with Crippen LogP contribution in [0.1, 0.15) is 30.9 Å². The number of benzene rings is 2. The number of anilines is 3.